The Kier molecular flexibility index (Phi) is 15.2. The molecule has 4 aromatic carbocycles. The minimum atomic E-state index is 0.261. The maximum absolute atomic E-state index is 2.89. The maximum atomic E-state index is 2.89. The second-order valence-electron chi connectivity index (χ2n) is 20.2. The summed E-state index contributed by atoms with van der Waals surface area (Å²) in [6.45, 7) is 43.0. The van der Waals surface area contributed by atoms with E-state index in [0.717, 1.165) is 26.2 Å². The van der Waals surface area contributed by atoms with Crippen molar-refractivity contribution in [2.75, 3.05) is 45.4 Å². The lowest BCUT2D eigenvalue weighted by atomic mass is 9.87. The van der Waals surface area contributed by atoms with Crippen LogP contribution >= 0.6 is 16.3 Å². The van der Waals surface area contributed by atoms with Gasteiger partial charge in [0.05, 0.1) is 0 Å². The standard InChI is InChI=1S/C52H78B2N4P2/c1-33(2)41-21-17-22-42(34(3)4)49(41)55-29-30-56(50-43(35(5)6)23-18-24-44(50)36(7)8)53(55)59-60-54-57(51-45(37(9)10)25-19-26-46(51)38(11)12)31-32-58(54)52-47(39(13)14)27-20-28-48(52)40(15)16/h17-28,33-40,59-60H,29-32H2,1-16H3. The van der Waals surface area contributed by atoms with E-state index in [0.29, 0.717) is 63.6 Å². The molecule has 0 spiro atoms. The summed E-state index contributed by atoms with van der Waals surface area (Å²) < 4.78 is 0. The van der Waals surface area contributed by atoms with Crippen molar-refractivity contribution < 1.29 is 0 Å². The van der Waals surface area contributed by atoms with Crippen molar-refractivity contribution in [2.24, 2.45) is 0 Å². The Morgan fingerprint density at radius 1 is 0.300 bits per heavy atom. The van der Waals surface area contributed by atoms with Crippen LogP contribution in [0.1, 0.15) is 203 Å². The van der Waals surface area contributed by atoms with Crippen LogP contribution in [0.3, 0.4) is 0 Å². The molecule has 2 aliphatic heterocycles. The zero-order valence-corrected chi connectivity index (χ0v) is 42.3. The first-order chi connectivity index (χ1) is 28.5. The van der Waals surface area contributed by atoms with Gasteiger partial charge in [-0.25, -0.2) is 0 Å². The molecule has 0 amide bonds. The fraction of sp³-hybridized carbons (Fsp3) is 0.538. The third kappa shape index (κ3) is 9.23. The molecule has 0 aromatic heterocycles. The fourth-order valence-corrected chi connectivity index (χ4v) is 14.7. The van der Waals surface area contributed by atoms with Gasteiger partial charge in [-0.15, -0.1) is 0 Å². The van der Waals surface area contributed by atoms with Crippen LogP contribution in [-0.2, 0) is 0 Å². The number of hydrogen-bond donors (Lipinski definition) is 0. The summed E-state index contributed by atoms with van der Waals surface area (Å²) in [5.74, 6) is 3.54. The molecular weight excluding hydrogens is 764 g/mol. The number of nitrogens with zero attached hydrogens (tertiary/aromatic N) is 4. The summed E-state index contributed by atoms with van der Waals surface area (Å²) >= 11 is 0. The average molecular weight is 843 g/mol. The normalized spacial score (nSPS) is 15.6. The van der Waals surface area contributed by atoms with Gasteiger partial charge in [-0.2, -0.15) is 0 Å². The molecule has 60 heavy (non-hydrogen) atoms. The molecule has 6 rings (SSSR count). The van der Waals surface area contributed by atoms with Crippen molar-refractivity contribution >= 4 is 52.4 Å². The topological polar surface area (TPSA) is 13.0 Å². The molecule has 0 bridgehead atoms. The Labute approximate surface area is 371 Å². The van der Waals surface area contributed by atoms with E-state index < -0.39 is 0 Å². The van der Waals surface area contributed by atoms with Gasteiger partial charge in [0.2, 0.25) is 0 Å². The van der Waals surface area contributed by atoms with Crippen LogP contribution in [0.15, 0.2) is 72.8 Å². The van der Waals surface area contributed by atoms with Crippen LogP contribution in [0, 0.1) is 0 Å². The number of para-hydroxylation sites is 4. The van der Waals surface area contributed by atoms with Gasteiger partial charge in [-0.1, -0.05) is 200 Å². The van der Waals surface area contributed by atoms with E-state index in [1.54, 1.807) is 0 Å². The Hall–Kier alpha value is -2.93. The summed E-state index contributed by atoms with van der Waals surface area (Å²) in [6, 6.07) is 28.6. The van der Waals surface area contributed by atoms with Gasteiger partial charge in [0.1, 0.15) is 0 Å². The molecule has 2 heterocycles. The van der Waals surface area contributed by atoms with Crippen LogP contribution in [0.2, 0.25) is 0 Å². The molecule has 2 atom stereocenters. The zero-order valence-electron chi connectivity index (χ0n) is 40.3. The van der Waals surface area contributed by atoms with E-state index in [1.807, 2.05) is 0 Å². The van der Waals surface area contributed by atoms with Gasteiger partial charge >= 0.3 is 13.4 Å². The quantitative estimate of drug-likeness (QED) is 0.0873. The van der Waals surface area contributed by atoms with Crippen LogP contribution in [0.4, 0.5) is 22.7 Å². The predicted molar refractivity (Wildman–Crippen MR) is 276 cm³/mol. The van der Waals surface area contributed by atoms with Crippen molar-refractivity contribution in [3.05, 3.63) is 117 Å². The van der Waals surface area contributed by atoms with Crippen molar-refractivity contribution in [3.63, 3.8) is 0 Å². The van der Waals surface area contributed by atoms with Crippen LogP contribution in [0.25, 0.3) is 0 Å². The minimum Gasteiger partial charge on any atom is -0.390 e. The molecule has 8 heteroatoms. The lowest BCUT2D eigenvalue weighted by Gasteiger charge is -2.38. The van der Waals surface area contributed by atoms with Gasteiger partial charge in [0.25, 0.3) is 0 Å². The van der Waals surface area contributed by atoms with Crippen molar-refractivity contribution in [3.8, 4) is 0 Å². The highest BCUT2D eigenvalue weighted by Gasteiger charge is 2.46. The van der Waals surface area contributed by atoms with Crippen LogP contribution in [0.5, 0.6) is 0 Å². The van der Waals surface area contributed by atoms with Crippen molar-refractivity contribution in [1.82, 2.24) is 0 Å². The summed E-state index contributed by atoms with van der Waals surface area (Å²) in [7, 11) is 1.43. The highest BCUT2D eigenvalue weighted by atomic mass is 32.0. The first-order valence-electron chi connectivity index (χ1n) is 23.5. The predicted octanol–water partition coefficient (Wildman–Crippen LogP) is 15.3. The van der Waals surface area contributed by atoms with Gasteiger partial charge in [0, 0.05) is 48.9 Å². The van der Waals surface area contributed by atoms with E-state index in [2.05, 4.69) is 203 Å². The van der Waals surface area contributed by atoms with E-state index in [1.165, 1.54) is 67.3 Å². The van der Waals surface area contributed by atoms with Gasteiger partial charge in [-0.05, 0) is 91.9 Å². The second kappa shape index (κ2) is 19.6. The molecule has 4 aromatic rings. The largest absolute Gasteiger partial charge is 0.404 e. The maximum Gasteiger partial charge on any atom is 0.404 e. The fourth-order valence-electron chi connectivity index (χ4n) is 10.0. The molecule has 0 N–H and O–H groups in total. The Morgan fingerprint density at radius 3 is 0.583 bits per heavy atom. The third-order valence-corrected chi connectivity index (χ3v) is 17.2. The minimum absolute atomic E-state index is 0.261. The van der Waals surface area contributed by atoms with E-state index in [-0.39, 0.29) is 13.4 Å². The summed E-state index contributed by atoms with van der Waals surface area (Å²) in [5, 5.41) is 0. The third-order valence-electron chi connectivity index (χ3n) is 13.2. The summed E-state index contributed by atoms with van der Waals surface area (Å²) in [5.41, 5.74) is 17.9. The highest BCUT2D eigenvalue weighted by molar-refractivity contribution is 8.37. The molecule has 0 saturated carbocycles. The summed E-state index contributed by atoms with van der Waals surface area (Å²) in [4.78, 5) is 11.6. The first-order valence-corrected chi connectivity index (χ1v) is 26.7. The first kappa shape index (κ1) is 46.6. The average Bonchev–Trinajstić information content (AvgIpc) is 3.82. The zero-order chi connectivity index (χ0) is 43.7. The van der Waals surface area contributed by atoms with Gasteiger partial charge in [0.15, 0.2) is 0 Å². The van der Waals surface area contributed by atoms with E-state index in [4.69, 9.17) is 0 Å². The number of hydrogen-bond acceptors (Lipinski definition) is 4. The van der Waals surface area contributed by atoms with Crippen molar-refractivity contribution in [2.45, 2.75) is 158 Å². The smallest absolute Gasteiger partial charge is 0.390 e. The Morgan fingerprint density at radius 2 is 0.450 bits per heavy atom. The molecule has 2 aliphatic rings. The SMILES string of the molecule is CC(C)c1cccc(C(C)C)c1N1CCN(c2c(C(C)C)cccc2C(C)C)B1PPB1N(c2c(C(C)C)cccc2C(C)C)CCN1c1c(C(C)C)cccc1C(C)C. The molecule has 2 saturated heterocycles. The monoisotopic (exact) mass is 843 g/mol. The number of anilines is 4. The van der Waals surface area contributed by atoms with Gasteiger partial charge in [-0.3, -0.25) is 0 Å². The molecule has 322 valence electrons. The molecule has 4 nitrogen and oxygen atoms in total. The number of benzene rings is 4. The second-order valence-corrected chi connectivity index (χ2v) is 23.5. The number of rotatable bonds is 15. The lowest BCUT2D eigenvalue weighted by molar-refractivity contribution is 0.821. The lowest BCUT2D eigenvalue weighted by Crippen LogP contribution is -2.45. The molecule has 2 fully saturated rings. The Balaban J connectivity index is 1.58. The highest BCUT2D eigenvalue weighted by Crippen LogP contribution is 2.55. The van der Waals surface area contributed by atoms with Gasteiger partial charge < -0.3 is 19.2 Å². The molecular formula is C52H78B2N4P2. The molecule has 0 aliphatic carbocycles. The van der Waals surface area contributed by atoms with E-state index in [9.17, 15) is 0 Å². The van der Waals surface area contributed by atoms with Crippen LogP contribution in [-0.4, -0.2) is 39.6 Å². The molecule has 2 unspecified atom stereocenters. The molecule has 0 radical (unpaired) electrons. The van der Waals surface area contributed by atoms with Crippen molar-refractivity contribution in [1.29, 1.82) is 0 Å². The Bertz CT molecular complexity index is 1680. The summed E-state index contributed by atoms with van der Waals surface area (Å²) in [6.07, 6.45) is 0. The van der Waals surface area contributed by atoms with Crippen LogP contribution < -0.4 is 19.2 Å². The van der Waals surface area contributed by atoms with E-state index >= 15 is 0 Å².